The molecule has 0 aliphatic rings. The van der Waals surface area contributed by atoms with Crippen LogP contribution < -0.4 is 4.90 Å². The number of anilines is 1. The number of hydrogen-bond acceptors (Lipinski definition) is 3. The molecule has 2 heterocycles. The van der Waals surface area contributed by atoms with Gasteiger partial charge in [0.05, 0.1) is 6.33 Å². The van der Waals surface area contributed by atoms with Gasteiger partial charge in [0, 0.05) is 37.0 Å². The number of aromatic nitrogens is 3. The predicted octanol–water partition coefficient (Wildman–Crippen LogP) is 4.73. The molecule has 0 saturated carbocycles. The van der Waals surface area contributed by atoms with E-state index in [2.05, 4.69) is 48.1 Å². The number of unbranched alkanes of at least 4 members (excludes halogenated alkanes) is 3. The van der Waals surface area contributed by atoms with Crippen LogP contribution in [-0.4, -0.2) is 27.0 Å². The number of rotatable bonds is 10. The molecule has 0 unspecified atom stereocenters. The van der Waals surface area contributed by atoms with Crippen molar-refractivity contribution in [1.29, 1.82) is 0 Å². The molecule has 0 atom stereocenters. The molecule has 0 bridgehead atoms. The minimum atomic E-state index is 0.109. The number of carbonyl (C=O) groups is 1. The maximum absolute atomic E-state index is 13.1. The summed E-state index contributed by atoms with van der Waals surface area (Å²) in [6, 6.07) is 10.4. The highest BCUT2D eigenvalue weighted by atomic mass is 16.2. The van der Waals surface area contributed by atoms with Crippen LogP contribution in [0.4, 0.5) is 5.69 Å². The van der Waals surface area contributed by atoms with Crippen LogP contribution in [0.3, 0.4) is 0 Å². The quantitative estimate of drug-likeness (QED) is 0.470. The molecule has 0 N–H and O–H groups in total. The first-order valence-corrected chi connectivity index (χ1v) is 10.4. The highest BCUT2D eigenvalue weighted by Crippen LogP contribution is 2.25. The minimum absolute atomic E-state index is 0.109. The third-order valence-electron chi connectivity index (χ3n) is 5.23. The number of hydrogen-bond donors (Lipinski definition) is 0. The average molecular weight is 391 g/mol. The molecule has 5 nitrogen and oxygen atoms in total. The molecule has 0 fully saturated rings. The van der Waals surface area contributed by atoms with Gasteiger partial charge in [-0.05, 0) is 61.9 Å². The Hall–Kier alpha value is -2.95. The van der Waals surface area contributed by atoms with E-state index < -0.39 is 0 Å². The van der Waals surface area contributed by atoms with Gasteiger partial charge < -0.3 is 9.47 Å². The van der Waals surface area contributed by atoms with Crippen LogP contribution in [0.5, 0.6) is 0 Å². The Bertz CT molecular complexity index is 870. The monoisotopic (exact) mass is 390 g/mol. The van der Waals surface area contributed by atoms with Crippen LogP contribution in [0.1, 0.15) is 42.4 Å². The summed E-state index contributed by atoms with van der Waals surface area (Å²) >= 11 is 0. The van der Waals surface area contributed by atoms with Gasteiger partial charge in [0.15, 0.2) is 0 Å². The summed E-state index contributed by atoms with van der Waals surface area (Å²) in [6.45, 7) is 5.22. The lowest BCUT2D eigenvalue weighted by atomic mass is 10.1. The second kappa shape index (κ2) is 10.6. The van der Waals surface area contributed by atoms with E-state index in [1.165, 1.54) is 12.0 Å². The summed E-state index contributed by atoms with van der Waals surface area (Å²) in [5.41, 5.74) is 4.67. The zero-order valence-corrected chi connectivity index (χ0v) is 17.4. The number of para-hydroxylation sites is 1. The number of nitrogens with zero attached hydrogens (tertiary/aromatic N) is 4. The lowest BCUT2D eigenvalue weighted by Gasteiger charge is -2.26. The molecule has 2 aromatic heterocycles. The Kier molecular flexibility index (Phi) is 7.56. The van der Waals surface area contributed by atoms with Crippen LogP contribution in [0.2, 0.25) is 0 Å². The molecule has 0 aliphatic heterocycles. The number of carbonyl (C=O) groups excluding carboxylic acids is 1. The molecule has 0 spiro atoms. The number of pyridine rings is 1. The highest BCUT2D eigenvalue weighted by molar-refractivity contribution is 5.94. The normalized spacial score (nSPS) is 10.8. The molecule has 1 aromatic carbocycles. The topological polar surface area (TPSA) is 51.0 Å². The van der Waals surface area contributed by atoms with Crippen molar-refractivity contribution in [2.75, 3.05) is 11.4 Å². The van der Waals surface area contributed by atoms with Crippen molar-refractivity contribution in [3.63, 3.8) is 0 Å². The van der Waals surface area contributed by atoms with Crippen LogP contribution in [0, 0.1) is 13.8 Å². The fourth-order valence-electron chi connectivity index (χ4n) is 3.72. The van der Waals surface area contributed by atoms with E-state index in [0.29, 0.717) is 6.54 Å². The Balaban J connectivity index is 1.57. The van der Waals surface area contributed by atoms with E-state index >= 15 is 0 Å². The molecule has 3 rings (SSSR count). The first-order valence-electron chi connectivity index (χ1n) is 10.4. The third-order valence-corrected chi connectivity index (χ3v) is 5.23. The van der Waals surface area contributed by atoms with Gasteiger partial charge in [0.25, 0.3) is 0 Å². The maximum Gasteiger partial charge on any atom is 0.246 e. The van der Waals surface area contributed by atoms with Crippen LogP contribution in [-0.2, 0) is 17.8 Å². The van der Waals surface area contributed by atoms with Crippen molar-refractivity contribution in [2.45, 2.75) is 52.5 Å². The number of aryl methyl sites for hydroxylation is 3. The molecule has 152 valence electrons. The average Bonchev–Trinajstić information content (AvgIpc) is 3.22. The Morgan fingerprint density at radius 1 is 0.931 bits per heavy atom. The molecule has 29 heavy (non-hydrogen) atoms. The van der Waals surface area contributed by atoms with Crippen molar-refractivity contribution in [3.8, 4) is 0 Å². The Morgan fingerprint density at radius 2 is 1.66 bits per heavy atom. The van der Waals surface area contributed by atoms with Gasteiger partial charge in [0.2, 0.25) is 5.91 Å². The molecule has 5 heteroatoms. The second-order valence-electron chi connectivity index (χ2n) is 7.54. The van der Waals surface area contributed by atoms with Crippen LogP contribution in [0.15, 0.2) is 61.4 Å². The maximum atomic E-state index is 13.1. The van der Waals surface area contributed by atoms with Gasteiger partial charge in [-0.2, -0.15) is 0 Å². The third kappa shape index (κ3) is 6.01. The Morgan fingerprint density at radius 3 is 2.34 bits per heavy atom. The standard InChI is InChI=1S/C24H30N4O/c1-20-8-7-9-21(2)24(20)28(23(29)18-27-17-15-26-19-27)16-6-4-3-5-10-22-11-13-25-14-12-22/h7-9,11-15,17,19H,3-6,10,16,18H2,1-2H3. The largest absolute Gasteiger partial charge is 0.328 e. The fourth-order valence-corrected chi connectivity index (χ4v) is 3.72. The van der Waals surface area contributed by atoms with E-state index in [-0.39, 0.29) is 5.91 Å². The molecule has 0 radical (unpaired) electrons. The van der Waals surface area contributed by atoms with Crippen LogP contribution in [0.25, 0.3) is 0 Å². The summed E-state index contributed by atoms with van der Waals surface area (Å²) in [6.07, 6.45) is 14.5. The summed E-state index contributed by atoms with van der Waals surface area (Å²) in [7, 11) is 0. The summed E-state index contributed by atoms with van der Waals surface area (Å²) in [4.78, 5) is 23.2. The van der Waals surface area contributed by atoms with Gasteiger partial charge >= 0.3 is 0 Å². The van der Waals surface area contributed by atoms with E-state index in [1.807, 2.05) is 34.1 Å². The number of amides is 1. The summed E-state index contributed by atoms with van der Waals surface area (Å²) in [5, 5.41) is 0. The summed E-state index contributed by atoms with van der Waals surface area (Å²) in [5.74, 6) is 0.109. The smallest absolute Gasteiger partial charge is 0.246 e. The van der Waals surface area contributed by atoms with Crippen molar-refractivity contribution in [2.24, 2.45) is 0 Å². The first-order chi connectivity index (χ1) is 14.1. The zero-order chi connectivity index (χ0) is 20.5. The number of imidazole rings is 1. The molecule has 1 amide bonds. The van der Waals surface area contributed by atoms with Crippen molar-refractivity contribution in [3.05, 3.63) is 78.1 Å². The van der Waals surface area contributed by atoms with Gasteiger partial charge in [0.1, 0.15) is 6.54 Å². The minimum Gasteiger partial charge on any atom is -0.328 e. The fraction of sp³-hybridized carbons (Fsp3) is 0.375. The number of benzene rings is 1. The molecular weight excluding hydrogens is 360 g/mol. The van der Waals surface area contributed by atoms with Crippen molar-refractivity contribution in [1.82, 2.24) is 14.5 Å². The van der Waals surface area contributed by atoms with Crippen molar-refractivity contribution < 1.29 is 4.79 Å². The lowest BCUT2D eigenvalue weighted by molar-refractivity contribution is -0.119. The van der Waals surface area contributed by atoms with Gasteiger partial charge in [-0.1, -0.05) is 31.0 Å². The van der Waals surface area contributed by atoms with Crippen molar-refractivity contribution >= 4 is 11.6 Å². The first kappa shape index (κ1) is 20.8. The highest BCUT2D eigenvalue weighted by Gasteiger charge is 2.19. The zero-order valence-electron chi connectivity index (χ0n) is 17.4. The van der Waals surface area contributed by atoms with Gasteiger partial charge in [-0.15, -0.1) is 0 Å². The van der Waals surface area contributed by atoms with Gasteiger partial charge in [-0.25, -0.2) is 4.98 Å². The van der Waals surface area contributed by atoms with Crippen LogP contribution >= 0.6 is 0 Å². The van der Waals surface area contributed by atoms with E-state index in [1.54, 1.807) is 12.5 Å². The molecule has 0 aliphatic carbocycles. The van der Waals surface area contributed by atoms with E-state index in [0.717, 1.165) is 49.0 Å². The summed E-state index contributed by atoms with van der Waals surface area (Å²) < 4.78 is 1.83. The SMILES string of the molecule is Cc1cccc(C)c1N(CCCCCCc1ccncc1)C(=O)Cn1ccnc1. The predicted molar refractivity (Wildman–Crippen MR) is 117 cm³/mol. The molecule has 0 saturated heterocycles. The van der Waals surface area contributed by atoms with Gasteiger partial charge in [-0.3, -0.25) is 9.78 Å². The van der Waals surface area contributed by atoms with E-state index in [9.17, 15) is 4.79 Å². The lowest BCUT2D eigenvalue weighted by Crippen LogP contribution is -2.35. The second-order valence-corrected chi connectivity index (χ2v) is 7.54. The Labute approximate surface area is 173 Å². The van der Waals surface area contributed by atoms with E-state index in [4.69, 9.17) is 0 Å². The molecule has 3 aromatic rings. The molecular formula is C24H30N4O.